The Balaban J connectivity index is 3.15. The molecule has 0 heterocycles. The Morgan fingerprint density at radius 1 is 1.22 bits per heavy atom. The predicted molar refractivity (Wildman–Crippen MR) is 97.9 cm³/mol. The lowest BCUT2D eigenvalue weighted by Gasteiger charge is -2.33. The molecule has 2 unspecified atom stereocenters. The molecule has 0 saturated heterocycles. The molecule has 0 amide bonds. The summed E-state index contributed by atoms with van der Waals surface area (Å²) >= 11 is 0.339. The number of benzene rings is 1. The summed E-state index contributed by atoms with van der Waals surface area (Å²) in [5, 5.41) is 0. The van der Waals surface area contributed by atoms with E-state index in [-0.39, 0.29) is 6.61 Å². The number of ether oxygens (including phenoxy) is 1. The van der Waals surface area contributed by atoms with Gasteiger partial charge in [0.05, 0.1) is 6.61 Å². The third kappa shape index (κ3) is 5.41. The molecular formula is C17H27NO3S2. The van der Waals surface area contributed by atoms with Crippen molar-refractivity contribution in [2.45, 2.75) is 56.7 Å². The van der Waals surface area contributed by atoms with Gasteiger partial charge in [0.15, 0.2) is 5.54 Å². The molecule has 0 fully saturated rings. The Hall–Kier alpha value is -0.690. The molecule has 1 rings (SSSR count). The van der Waals surface area contributed by atoms with Crippen molar-refractivity contribution in [1.82, 2.24) is 4.72 Å². The maximum Gasteiger partial charge on any atom is 0.335 e. The van der Waals surface area contributed by atoms with Gasteiger partial charge in [0.25, 0.3) is 0 Å². The summed E-state index contributed by atoms with van der Waals surface area (Å²) in [5.41, 5.74) is -0.405. The van der Waals surface area contributed by atoms with Crippen LogP contribution in [0.4, 0.5) is 0 Å². The van der Waals surface area contributed by atoms with Crippen LogP contribution in [0.3, 0.4) is 0 Å². The Labute approximate surface area is 147 Å². The SMILES string of the molecule is CCOC(=O)C(C)(N[S+]([O-])C(C)(C)C)c1ccc(SCC)cc1. The number of hydrogen-bond acceptors (Lipinski definition) is 5. The Morgan fingerprint density at radius 2 is 1.78 bits per heavy atom. The number of nitrogens with one attached hydrogen (secondary N) is 1. The van der Waals surface area contributed by atoms with Crippen LogP contribution in [0.15, 0.2) is 29.2 Å². The number of carbonyl (C=O) groups is 1. The summed E-state index contributed by atoms with van der Waals surface area (Å²) < 4.78 is 20.2. The maximum atomic E-state index is 12.5. The first-order valence-corrected chi connectivity index (χ1v) is 9.89. The van der Waals surface area contributed by atoms with Crippen molar-refractivity contribution >= 4 is 29.1 Å². The second-order valence-electron chi connectivity index (χ2n) is 6.29. The van der Waals surface area contributed by atoms with Crippen molar-refractivity contribution in [3.63, 3.8) is 0 Å². The van der Waals surface area contributed by atoms with Gasteiger partial charge in [-0.2, -0.15) is 0 Å². The second kappa shape index (κ2) is 8.42. The fourth-order valence-corrected chi connectivity index (χ4v) is 3.42. The first-order chi connectivity index (χ1) is 10.6. The molecule has 130 valence electrons. The first kappa shape index (κ1) is 20.4. The molecule has 0 bridgehead atoms. The zero-order valence-electron chi connectivity index (χ0n) is 14.8. The van der Waals surface area contributed by atoms with E-state index in [1.54, 1.807) is 25.6 Å². The molecule has 0 radical (unpaired) electrons. The van der Waals surface area contributed by atoms with E-state index in [9.17, 15) is 9.35 Å². The molecule has 0 spiro atoms. The van der Waals surface area contributed by atoms with E-state index in [4.69, 9.17) is 4.74 Å². The van der Waals surface area contributed by atoms with E-state index in [2.05, 4.69) is 11.6 Å². The topological polar surface area (TPSA) is 61.4 Å². The third-order valence-corrected chi connectivity index (χ3v) is 5.88. The smallest absolute Gasteiger partial charge is 0.335 e. The molecule has 23 heavy (non-hydrogen) atoms. The average molecular weight is 358 g/mol. The molecular weight excluding hydrogens is 330 g/mol. The van der Waals surface area contributed by atoms with Gasteiger partial charge in [0, 0.05) is 16.3 Å². The van der Waals surface area contributed by atoms with Crippen LogP contribution in [0.5, 0.6) is 0 Å². The largest absolute Gasteiger partial charge is 0.598 e. The number of carbonyl (C=O) groups excluding carboxylic acids is 1. The van der Waals surface area contributed by atoms with Gasteiger partial charge < -0.3 is 9.29 Å². The van der Waals surface area contributed by atoms with Crippen LogP contribution in [0.1, 0.15) is 47.1 Å². The minimum absolute atomic E-state index is 0.280. The van der Waals surface area contributed by atoms with Gasteiger partial charge in [-0.15, -0.1) is 16.5 Å². The van der Waals surface area contributed by atoms with Gasteiger partial charge in [-0.1, -0.05) is 19.1 Å². The van der Waals surface area contributed by atoms with Crippen molar-refractivity contribution in [3.8, 4) is 0 Å². The molecule has 0 aliphatic carbocycles. The summed E-state index contributed by atoms with van der Waals surface area (Å²) in [6.45, 7) is 11.4. The van der Waals surface area contributed by atoms with Crippen LogP contribution >= 0.6 is 11.8 Å². The lowest BCUT2D eigenvalue weighted by Crippen LogP contribution is -2.54. The van der Waals surface area contributed by atoms with Gasteiger partial charge in [-0.3, -0.25) is 0 Å². The minimum Gasteiger partial charge on any atom is -0.598 e. The lowest BCUT2D eigenvalue weighted by atomic mass is 9.93. The molecule has 0 saturated carbocycles. The summed E-state index contributed by atoms with van der Waals surface area (Å²) in [6, 6.07) is 7.73. The van der Waals surface area contributed by atoms with Crippen LogP contribution in [-0.2, 0) is 26.4 Å². The summed E-state index contributed by atoms with van der Waals surface area (Å²) in [6.07, 6.45) is 0. The Morgan fingerprint density at radius 3 is 2.22 bits per heavy atom. The van der Waals surface area contributed by atoms with Crippen LogP contribution < -0.4 is 4.72 Å². The van der Waals surface area contributed by atoms with Crippen molar-refractivity contribution < 1.29 is 14.1 Å². The van der Waals surface area contributed by atoms with E-state index < -0.39 is 27.6 Å². The van der Waals surface area contributed by atoms with Gasteiger partial charge >= 0.3 is 5.97 Å². The molecule has 1 N–H and O–H groups in total. The normalized spacial score (nSPS) is 15.8. The molecule has 4 nitrogen and oxygen atoms in total. The van der Waals surface area contributed by atoms with E-state index in [1.165, 1.54) is 0 Å². The first-order valence-electron chi connectivity index (χ1n) is 7.75. The quantitative estimate of drug-likeness (QED) is 0.459. The van der Waals surface area contributed by atoms with Crippen molar-refractivity contribution in [2.75, 3.05) is 12.4 Å². The van der Waals surface area contributed by atoms with Crippen molar-refractivity contribution in [2.24, 2.45) is 0 Å². The Kier molecular flexibility index (Phi) is 7.45. The second-order valence-corrected chi connectivity index (χ2v) is 9.59. The van der Waals surface area contributed by atoms with Crippen molar-refractivity contribution in [1.29, 1.82) is 0 Å². The highest BCUT2D eigenvalue weighted by atomic mass is 32.2. The van der Waals surface area contributed by atoms with Crippen molar-refractivity contribution in [3.05, 3.63) is 29.8 Å². The van der Waals surface area contributed by atoms with E-state index in [0.717, 1.165) is 16.2 Å². The van der Waals surface area contributed by atoms with Crippen LogP contribution in [0, 0.1) is 0 Å². The lowest BCUT2D eigenvalue weighted by molar-refractivity contribution is -0.150. The van der Waals surface area contributed by atoms with E-state index in [0.29, 0.717) is 0 Å². The highest BCUT2D eigenvalue weighted by Crippen LogP contribution is 2.29. The molecule has 1 aromatic rings. The van der Waals surface area contributed by atoms with E-state index in [1.807, 2.05) is 45.0 Å². The van der Waals surface area contributed by atoms with Gasteiger partial charge in [0.1, 0.15) is 4.75 Å². The Bertz CT molecular complexity index is 514. The summed E-state index contributed by atoms with van der Waals surface area (Å²) in [4.78, 5) is 13.7. The van der Waals surface area contributed by atoms with Gasteiger partial charge in [0.2, 0.25) is 0 Å². The summed E-state index contributed by atoms with van der Waals surface area (Å²) in [5.74, 6) is 0.564. The molecule has 0 aliphatic rings. The molecule has 1 aromatic carbocycles. The molecule has 2 atom stereocenters. The standard InChI is InChI=1S/C17H27NO3S2/c1-7-21-15(19)17(6,18-23(20)16(3,4)5)13-9-11-14(12-10-13)22-8-2/h9-12,18H,7-8H2,1-6H3. The number of hydrogen-bond donors (Lipinski definition) is 1. The fourth-order valence-electron chi connectivity index (χ4n) is 1.88. The molecule has 0 aromatic heterocycles. The van der Waals surface area contributed by atoms with Crippen LogP contribution in [-0.4, -0.2) is 27.6 Å². The van der Waals surface area contributed by atoms with Crippen LogP contribution in [0.2, 0.25) is 0 Å². The van der Waals surface area contributed by atoms with E-state index >= 15 is 0 Å². The monoisotopic (exact) mass is 357 g/mol. The predicted octanol–water partition coefficient (Wildman–Crippen LogP) is 3.63. The number of rotatable bonds is 7. The summed E-state index contributed by atoms with van der Waals surface area (Å²) in [7, 11) is 0. The molecule has 0 aliphatic heterocycles. The highest BCUT2D eigenvalue weighted by molar-refractivity contribution is 7.99. The average Bonchev–Trinajstić information content (AvgIpc) is 2.47. The maximum absolute atomic E-state index is 12.5. The van der Waals surface area contributed by atoms with Gasteiger partial charge in [-0.25, -0.2) is 4.79 Å². The minimum atomic E-state index is -1.40. The third-order valence-electron chi connectivity index (χ3n) is 3.28. The molecule has 6 heteroatoms. The fraction of sp³-hybridized carbons (Fsp3) is 0.588. The number of esters is 1. The van der Waals surface area contributed by atoms with Gasteiger partial charge in [-0.05, 0) is 58.1 Å². The zero-order chi connectivity index (χ0) is 17.7. The zero-order valence-corrected chi connectivity index (χ0v) is 16.4. The number of thioether (sulfide) groups is 1. The van der Waals surface area contributed by atoms with Crippen LogP contribution in [0.25, 0.3) is 0 Å². The highest BCUT2D eigenvalue weighted by Gasteiger charge is 2.44.